The number of benzene rings is 2. The normalized spacial score (nSPS) is 10.4. The van der Waals surface area contributed by atoms with Crippen LogP contribution in [0.4, 0.5) is 10.5 Å². The fourth-order valence-electron chi connectivity index (χ4n) is 3.18. The number of nitrogens with zero attached hydrogens (tertiary/aromatic N) is 3. The molecule has 34 heavy (non-hydrogen) atoms. The molecule has 2 N–H and O–H groups in total. The number of aromatic nitrogens is 4. The molecule has 4 aromatic rings. The van der Waals surface area contributed by atoms with Gasteiger partial charge in [-0.2, -0.15) is 0 Å². The van der Waals surface area contributed by atoms with Crippen LogP contribution in [0.1, 0.15) is 21.7 Å². The van der Waals surface area contributed by atoms with Gasteiger partial charge in [0.05, 0.1) is 41.8 Å². The van der Waals surface area contributed by atoms with E-state index < -0.39 is 23.3 Å². The molecule has 0 aliphatic heterocycles. The van der Waals surface area contributed by atoms with Gasteiger partial charge in [-0.25, -0.2) is 14.8 Å². The van der Waals surface area contributed by atoms with Crippen LogP contribution < -0.4 is 50.3 Å². The van der Waals surface area contributed by atoms with Crippen molar-refractivity contribution in [1.29, 1.82) is 0 Å². The number of aromatic amines is 1. The molecule has 0 saturated heterocycles. The second kappa shape index (κ2) is 10.5. The molecule has 0 atom stereocenters. The number of imidazole rings is 1. The van der Waals surface area contributed by atoms with Crippen LogP contribution >= 0.6 is 0 Å². The van der Waals surface area contributed by atoms with Gasteiger partial charge in [0, 0.05) is 11.9 Å². The topological polar surface area (TPSA) is 151 Å². The molecule has 2 aromatic carbocycles. The summed E-state index contributed by atoms with van der Waals surface area (Å²) in [6.07, 6.45) is 2.55. The van der Waals surface area contributed by atoms with Gasteiger partial charge in [-0.3, -0.25) is 10.1 Å². The SMILES string of the molecule is COc1ccc(NC(=O)OCc2cn(-c3cc4nc(C(=O)[O-])c(=O)[nH]c4cc3C)cn2)cc1.[Na+]. The number of ether oxygens (including phenoxy) is 2. The maximum absolute atomic E-state index is 12.0. The first-order chi connectivity index (χ1) is 15.8. The summed E-state index contributed by atoms with van der Waals surface area (Å²) in [6.45, 7) is 1.75. The Hall–Kier alpha value is -3.67. The number of fused-ring (bicyclic) bond motifs is 1. The van der Waals surface area contributed by atoms with E-state index in [9.17, 15) is 19.5 Å². The van der Waals surface area contributed by atoms with Gasteiger partial charge in [0.2, 0.25) is 0 Å². The minimum Gasteiger partial charge on any atom is -0.543 e. The number of carbonyl (C=O) groups is 2. The van der Waals surface area contributed by atoms with Crippen molar-refractivity contribution >= 4 is 28.8 Å². The van der Waals surface area contributed by atoms with Gasteiger partial charge in [0.15, 0.2) is 5.69 Å². The number of carboxylic acids is 1. The Morgan fingerprint density at radius 2 is 1.94 bits per heavy atom. The predicted octanol–water partition coefficient (Wildman–Crippen LogP) is -1.46. The van der Waals surface area contributed by atoms with Gasteiger partial charge in [-0.1, -0.05) is 0 Å². The van der Waals surface area contributed by atoms with Crippen LogP contribution in [0.25, 0.3) is 16.7 Å². The van der Waals surface area contributed by atoms with E-state index in [1.165, 1.54) is 6.33 Å². The summed E-state index contributed by atoms with van der Waals surface area (Å²) in [6, 6.07) is 10.1. The smallest absolute Gasteiger partial charge is 0.543 e. The average molecular weight is 471 g/mol. The summed E-state index contributed by atoms with van der Waals surface area (Å²) in [5, 5.41) is 13.7. The Labute approximate surface area is 215 Å². The van der Waals surface area contributed by atoms with Gasteiger partial charge in [0.1, 0.15) is 12.4 Å². The van der Waals surface area contributed by atoms with E-state index in [0.29, 0.717) is 28.3 Å². The number of hydrogen-bond donors (Lipinski definition) is 2. The molecule has 0 aliphatic carbocycles. The van der Waals surface area contributed by atoms with Crippen molar-refractivity contribution in [2.45, 2.75) is 13.5 Å². The molecule has 0 bridgehead atoms. The van der Waals surface area contributed by atoms with Crippen LogP contribution in [0.5, 0.6) is 5.75 Å². The van der Waals surface area contributed by atoms with Crippen molar-refractivity contribution in [3.63, 3.8) is 0 Å². The molecular weight excluding hydrogens is 453 g/mol. The van der Waals surface area contributed by atoms with Gasteiger partial charge in [-0.05, 0) is 48.9 Å². The maximum atomic E-state index is 12.0. The number of methoxy groups -OCH3 is 1. The zero-order valence-electron chi connectivity index (χ0n) is 18.6. The van der Waals surface area contributed by atoms with Crippen LogP contribution in [0, 0.1) is 6.92 Å². The van der Waals surface area contributed by atoms with Crippen LogP contribution in [0.2, 0.25) is 0 Å². The summed E-state index contributed by atoms with van der Waals surface area (Å²) in [7, 11) is 1.55. The molecule has 12 heteroatoms. The fraction of sp³-hybridized carbons (Fsp3) is 0.136. The van der Waals surface area contributed by atoms with Crippen LogP contribution in [0.3, 0.4) is 0 Å². The summed E-state index contributed by atoms with van der Waals surface area (Å²) in [5.41, 5.74) is 1.63. The molecule has 2 aromatic heterocycles. The van der Waals surface area contributed by atoms with E-state index in [0.717, 1.165) is 5.56 Å². The average Bonchev–Trinajstić information content (AvgIpc) is 3.26. The molecule has 168 valence electrons. The number of amides is 1. The minimum atomic E-state index is -1.66. The van der Waals surface area contributed by atoms with Crippen molar-refractivity contribution in [2.24, 2.45) is 0 Å². The third kappa shape index (κ3) is 5.45. The van der Waals surface area contributed by atoms with E-state index in [2.05, 4.69) is 20.3 Å². The van der Waals surface area contributed by atoms with Crippen LogP contribution in [-0.2, 0) is 11.3 Å². The van der Waals surface area contributed by atoms with Crippen molar-refractivity contribution in [2.75, 3.05) is 12.4 Å². The standard InChI is InChI=1S/C22H19N5O6.Na/c1-12-7-16-17(25-19(21(29)30)20(28)26-16)8-18(12)27-9-14(23-11-27)10-33-22(31)24-13-3-5-15(32-2)6-4-13;/h3-9,11H,10H2,1-2H3,(H,24,31)(H,26,28)(H,29,30);/q;+1/p-1. The van der Waals surface area contributed by atoms with E-state index >= 15 is 0 Å². The number of nitrogens with one attached hydrogen (secondary N) is 2. The number of carbonyl (C=O) groups excluding carboxylic acids is 2. The van der Waals surface area contributed by atoms with Gasteiger partial charge in [0.25, 0.3) is 5.56 Å². The number of aryl methyl sites for hydroxylation is 1. The van der Waals surface area contributed by atoms with Crippen molar-refractivity contribution in [1.82, 2.24) is 19.5 Å². The number of rotatable bonds is 6. The summed E-state index contributed by atoms with van der Waals surface area (Å²) >= 11 is 0. The molecular formula is C22H18N5NaO6. The van der Waals surface area contributed by atoms with E-state index in [-0.39, 0.29) is 41.7 Å². The van der Waals surface area contributed by atoms with Crippen LogP contribution in [-0.4, -0.2) is 38.7 Å². The number of H-pyrrole nitrogens is 1. The third-order valence-electron chi connectivity index (χ3n) is 4.80. The first-order valence-electron chi connectivity index (χ1n) is 9.71. The second-order valence-electron chi connectivity index (χ2n) is 7.06. The van der Waals surface area contributed by atoms with Crippen molar-refractivity contribution < 1.29 is 53.7 Å². The number of hydrogen-bond acceptors (Lipinski definition) is 8. The Balaban J connectivity index is 0.00000324. The van der Waals surface area contributed by atoms with E-state index in [1.807, 2.05) is 6.92 Å². The fourth-order valence-corrected chi connectivity index (χ4v) is 3.18. The third-order valence-corrected chi connectivity index (χ3v) is 4.80. The Morgan fingerprint density at radius 3 is 2.62 bits per heavy atom. The zero-order valence-corrected chi connectivity index (χ0v) is 20.6. The molecule has 0 saturated carbocycles. The monoisotopic (exact) mass is 471 g/mol. The predicted molar refractivity (Wildman–Crippen MR) is 115 cm³/mol. The largest absolute Gasteiger partial charge is 1.00 e. The maximum Gasteiger partial charge on any atom is 1.00 e. The van der Waals surface area contributed by atoms with Gasteiger partial charge >= 0.3 is 35.7 Å². The Morgan fingerprint density at radius 1 is 1.21 bits per heavy atom. The number of anilines is 1. The molecule has 1 amide bonds. The number of carboxylic acid groups (broad SMARTS) is 1. The molecule has 0 unspecified atom stereocenters. The van der Waals surface area contributed by atoms with E-state index in [4.69, 9.17) is 9.47 Å². The first kappa shape index (κ1) is 25.0. The molecule has 0 radical (unpaired) electrons. The zero-order chi connectivity index (χ0) is 23.5. The Bertz CT molecular complexity index is 1410. The first-order valence-corrected chi connectivity index (χ1v) is 9.71. The van der Waals surface area contributed by atoms with Crippen LogP contribution in [0.15, 0.2) is 53.7 Å². The van der Waals surface area contributed by atoms with E-state index in [1.54, 1.807) is 54.3 Å². The van der Waals surface area contributed by atoms with Gasteiger partial charge < -0.3 is 28.9 Å². The van der Waals surface area contributed by atoms with Crippen molar-refractivity contribution in [3.05, 3.63) is 76.2 Å². The minimum absolute atomic E-state index is 0. The second-order valence-corrected chi connectivity index (χ2v) is 7.06. The summed E-state index contributed by atoms with van der Waals surface area (Å²) in [4.78, 5) is 45.6. The molecule has 2 heterocycles. The quantitative estimate of drug-likeness (QED) is 0.324. The molecule has 0 aliphatic rings. The summed E-state index contributed by atoms with van der Waals surface area (Å²) in [5.74, 6) is -0.990. The molecule has 0 fully saturated rings. The molecule has 11 nitrogen and oxygen atoms in total. The van der Waals surface area contributed by atoms with Crippen molar-refractivity contribution in [3.8, 4) is 11.4 Å². The number of aromatic carboxylic acids is 1. The molecule has 4 rings (SSSR count). The molecule has 0 spiro atoms. The Kier molecular flexibility index (Phi) is 7.72. The van der Waals surface area contributed by atoms with Gasteiger partial charge in [-0.15, -0.1) is 0 Å². The summed E-state index contributed by atoms with van der Waals surface area (Å²) < 4.78 is 12.0.